The van der Waals surface area contributed by atoms with Crippen LogP contribution in [0.3, 0.4) is 0 Å². The topological polar surface area (TPSA) is 46.0 Å². The number of hydrogen-bond acceptors (Lipinski definition) is 3. The van der Waals surface area contributed by atoms with Crippen LogP contribution in [0.5, 0.6) is 0 Å². The van der Waals surface area contributed by atoms with Gasteiger partial charge in [-0.2, -0.15) is 0 Å². The van der Waals surface area contributed by atoms with Crippen molar-refractivity contribution in [1.29, 1.82) is 0 Å². The van der Waals surface area contributed by atoms with Gasteiger partial charge in [-0.25, -0.2) is 9.97 Å². The standard InChI is InChI=1S/C8H13BN2O/c1-8(2,5-12)7-10-3-6(9)4-11-7/h3-4,12H,5,9H2,1-2H3. The summed E-state index contributed by atoms with van der Waals surface area (Å²) in [5.74, 6) is 0.690. The number of aliphatic hydroxyl groups excluding tert-OH is 1. The molecule has 0 amide bonds. The van der Waals surface area contributed by atoms with Gasteiger partial charge >= 0.3 is 0 Å². The van der Waals surface area contributed by atoms with Crippen LogP contribution in [0.4, 0.5) is 0 Å². The van der Waals surface area contributed by atoms with E-state index < -0.39 is 0 Å². The molecule has 0 aliphatic heterocycles. The van der Waals surface area contributed by atoms with Crippen LogP contribution >= 0.6 is 0 Å². The average Bonchev–Trinajstić information content (AvgIpc) is 2.05. The molecule has 0 spiro atoms. The molecule has 12 heavy (non-hydrogen) atoms. The highest BCUT2D eigenvalue weighted by atomic mass is 16.3. The molecule has 0 radical (unpaired) electrons. The van der Waals surface area contributed by atoms with E-state index in [9.17, 15) is 0 Å². The monoisotopic (exact) mass is 164 g/mol. The van der Waals surface area contributed by atoms with Crippen molar-refractivity contribution in [2.24, 2.45) is 0 Å². The average molecular weight is 164 g/mol. The van der Waals surface area contributed by atoms with Gasteiger partial charge in [-0.15, -0.1) is 0 Å². The van der Waals surface area contributed by atoms with E-state index in [1.807, 2.05) is 21.7 Å². The van der Waals surface area contributed by atoms with Gasteiger partial charge in [0.15, 0.2) is 0 Å². The van der Waals surface area contributed by atoms with Gasteiger partial charge < -0.3 is 5.11 Å². The Morgan fingerprint density at radius 2 is 1.92 bits per heavy atom. The molecule has 0 aromatic carbocycles. The lowest BCUT2D eigenvalue weighted by Gasteiger charge is -2.19. The summed E-state index contributed by atoms with van der Waals surface area (Å²) in [5.41, 5.74) is 0.695. The summed E-state index contributed by atoms with van der Waals surface area (Å²) in [6.07, 6.45) is 3.53. The summed E-state index contributed by atoms with van der Waals surface area (Å²) in [6.45, 7) is 3.89. The lowest BCUT2D eigenvalue weighted by atomic mass is 9.93. The Kier molecular flexibility index (Phi) is 2.47. The van der Waals surface area contributed by atoms with Gasteiger partial charge in [-0.3, -0.25) is 0 Å². The van der Waals surface area contributed by atoms with Crippen molar-refractivity contribution in [2.75, 3.05) is 6.61 Å². The summed E-state index contributed by atoms with van der Waals surface area (Å²) >= 11 is 0. The fraction of sp³-hybridized carbons (Fsp3) is 0.500. The zero-order chi connectivity index (χ0) is 9.19. The van der Waals surface area contributed by atoms with E-state index in [2.05, 4.69) is 9.97 Å². The maximum absolute atomic E-state index is 9.04. The summed E-state index contributed by atoms with van der Waals surface area (Å²) in [6, 6.07) is 0. The van der Waals surface area contributed by atoms with Crippen molar-refractivity contribution in [3.63, 3.8) is 0 Å². The number of nitrogens with zero attached hydrogens (tertiary/aromatic N) is 2. The van der Waals surface area contributed by atoms with Gasteiger partial charge in [-0.05, 0) is 0 Å². The fourth-order valence-electron chi connectivity index (χ4n) is 0.813. The van der Waals surface area contributed by atoms with Crippen LogP contribution in [-0.2, 0) is 5.41 Å². The third-order valence-electron chi connectivity index (χ3n) is 1.78. The Hall–Kier alpha value is -0.895. The molecule has 0 saturated carbocycles. The van der Waals surface area contributed by atoms with Crippen molar-refractivity contribution >= 4 is 13.3 Å². The predicted molar refractivity (Wildman–Crippen MR) is 50.3 cm³/mol. The largest absolute Gasteiger partial charge is 0.395 e. The lowest BCUT2D eigenvalue weighted by molar-refractivity contribution is 0.211. The quantitative estimate of drug-likeness (QED) is 0.570. The number of hydrogen-bond donors (Lipinski definition) is 1. The van der Waals surface area contributed by atoms with E-state index in [0.717, 1.165) is 5.46 Å². The SMILES string of the molecule is Bc1cnc(C(C)(C)CO)nc1. The van der Waals surface area contributed by atoms with Crippen LogP contribution in [0.1, 0.15) is 19.7 Å². The molecule has 0 atom stereocenters. The maximum Gasteiger partial charge on any atom is 0.143 e. The number of aliphatic hydroxyl groups is 1. The molecule has 0 unspecified atom stereocenters. The highest BCUT2D eigenvalue weighted by Crippen LogP contribution is 2.16. The first-order valence-corrected chi connectivity index (χ1v) is 3.96. The highest BCUT2D eigenvalue weighted by molar-refractivity contribution is 6.31. The maximum atomic E-state index is 9.04. The molecule has 0 fully saturated rings. The predicted octanol–water partition coefficient (Wildman–Crippen LogP) is -0.995. The van der Waals surface area contributed by atoms with Gasteiger partial charge in [0, 0.05) is 17.8 Å². The Labute approximate surface area is 73.3 Å². The summed E-state index contributed by atoms with van der Waals surface area (Å²) < 4.78 is 0. The Balaban J connectivity index is 2.96. The Morgan fingerprint density at radius 1 is 1.42 bits per heavy atom. The van der Waals surface area contributed by atoms with Gasteiger partial charge in [0.2, 0.25) is 0 Å². The van der Waals surface area contributed by atoms with E-state index in [0.29, 0.717) is 5.82 Å². The number of aromatic nitrogens is 2. The van der Waals surface area contributed by atoms with Crippen molar-refractivity contribution < 1.29 is 5.11 Å². The van der Waals surface area contributed by atoms with Crippen molar-refractivity contribution in [1.82, 2.24) is 9.97 Å². The zero-order valence-electron chi connectivity index (χ0n) is 7.70. The normalized spacial score (nSPS) is 11.6. The Morgan fingerprint density at radius 3 is 2.33 bits per heavy atom. The van der Waals surface area contributed by atoms with Crippen LogP contribution in [-0.4, -0.2) is 29.5 Å². The molecule has 0 aliphatic rings. The smallest absolute Gasteiger partial charge is 0.143 e. The molecule has 0 aliphatic carbocycles. The van der Waals surface area contributed by atoms with E-state index >= 15 is 0 Å². The summed E-state index contributed by atoms with van der Waals surface area (Å²) in [4.78, 5) is 8.30. The molecule has 64 valence electrons. The first kappa shape index (κ1) is 9.19. The van der Waals surface area contributed by atoms with Crippen molar-refractivity contribution in [2.45, 2.75) is 19.3 Å². The second-order valence-corrected chi connectivity index (χ2v) is 3.63. The lowest BCUT2D eigenvalue weighted by Crippen LogP contribution is -2.26. The first-order valence-electron chi connectivity index (χ1n) is 3.96. The van der Waals surface area contributed by atoms with E-state index in [-0.39, 0.29) is 12.0 Å². The third kappa shape index (κ3) is 1.82. The molecular formula is C8H13BN2O. The van der Waals surface area contributed by atoms with Crippen LogP contribution in [0.25, 0.3) is 0 Å². The van der Waals surface area contributed by atoms with E-state index in [4.69, 9.17) is 5.11 Å². The van der Waals surface area contributed by atoms with E-state index in [1.54, 1.807) is 12.4 Å². The highest BCUT2D eigenvalue weighted by Gasteiger charge is 2.21. The molecule has 1 N–H and O–H groups in total. The van der Waals surface area contributed by atoms with Gasteiger partial charge in [0.1, 0.15) is 13.7 Å². The third-order valence-corrected chi connectivity index (χ3v) is 1.78. The van der Waals surface area contributed by atoms with Crippen LogP contribution in [0, 0.1) is 0 Å². The minimum Gasteiger partial charge on any atom is -0.395 e. The zero-order valence-corrected chi connectivity index (χ0v) is 7.70. The minimum absolute atomic E-state index is 0.0655. The first-order chi connectivity index (χ1) is 5.56. The van der Waals surface area contributed by atoms with Crippen LogP contribution in [0.15, 0.2) is 12.4 Å². The van der Waals surface area contributed by atoms with Gasteiger partial charge in [-0.1, -0.05) is 19.3 Å². The van der Waals surface area contributed by atoms with Crippen molar-refractivity contribution in [3.05, 3.63) is 18.2 Å². The van der Waals surface area contributed by atoms with Gasteiger partial charge in [0.25, 0.3) is 0 Å². The summed E-state index contributed by atoms with van der Waals surface area (Å²) in [7, 11) is 1.94. The molecule has 3 nitrogen and oxygen atoms in total. The molecule has 0 saturated heterocycles. The molecule has 1 aromatic rings. The van der Waals surface area contributed by atoms with Crippen LogP contribution < -0.4 is 5.46 Å². The Bertz CT molecular complexity index is 258. The van der Waals surface area contributed by atoms with Crippen LogP contribution in [0.2, 0.25) is 0 Å². The van der Waals surface area contributed by atoms with E-state index in [1.165, 1.54) is 0 Å². The molecule has 1 rings (SSSR count). The van der Waals surface area contributed by atoms with Crippen molar-refractivity contribution in [3.8, 4) is 0 Å². The number of rotatable bonds is 2. The molecule has 1 heterocycles. The molecule has 4 heteroatoms. The van der Waals surface area contributed by atoms with Gasteiger partial charge in [0.05, 0.1) is 6.61 Å². The fourth-order valence-corrected chi connectivity index (χ4v) is 0.813. The molecular weight excluding hydrogens is 151 g/mol. The molecule has 0 bridgehead atoms. The second-order valence-electron chi connectivity index (χ2n) is 3.63. The minimum atomic E-state index is -0.340. The second kappa shape index (κ2) is 3.23. The summed E-state index contributed by atoms with van der Waals surface area (Å²) in [5, 5.41) is 9.04. The molecule has 1 aromatic heterocycles.